The van der Waals surface area contributed by atoms with Crippen LogP contribution in [0.4, 0.5) is 5.69 Å². The van der Waals surface area contributed by atoms with E-state index in [1.54, 1.807) is 0 Å². The second kappa shape index (κ2) is 8.17. The highest BCUT2D eigenvalue weighted by Crippen LogP contribution is 2.29. The van der Waals surface area contributed by atoms with Crippen LogP contribution in [0.2, 0.25) is 0 Å². The lowest BCUT2D eigenvalue weighted by Crippen LogP contribution is -2.35. The molecule has 0 saturated carbocycles. The summed E-state index contributed by atoms with van der Waals surface area (Å²) < 4.78 is 0. The Kier molecular flexibility index (Phi) is 5.71. The largest absolute Gasteiger partial charge is 0.352 e. The van der Waals surface area contributed by atoms with Crippen LogP contribution in [0.25, 0.3) is 0 Å². The minimum Gasteiger partial charge on any atom is -0.352 e. The fraction of sp³-hybridized carbons (Fsp3) is 0.364. The lowest BCUT2D eigenvalue weighted by atomic mass is 9.98. The molecule has 4 nitrogen and oxygen atoms in total. The molecule has 26 heavy (non-hydrogen) atoms. The maximum atomic E-state index is 12.9. The predicted octanol–water partition coefficient (Wildman–Crippen LogP) is 4.12. The molecule has 0 radical (unpaired) electrons. The third-order valence-electron chi connectivity index (χ3n) is 4.82. The number of aryl methyl sites for hydroxylation is 2. The average molecular weight is 350 g/mol. The van der Waals surface area contributed by atoms with Crippen molar-refractivity contribution in [2.75, 3.05) is 18.0 Å². The molecule has 0 atom stereocenters. The van der Waals surface area contributed by atoms with Crippen molar-refractivity contribution < 1.29 is 9.59 Å². The zero-order valence-corrected chi connectivity index (χ0v) is 15.5. The van der Waals surface area contributed by atoms with Crippen molar-refractivity contribution in [3.05, 3.63) is 64.7 Å². The van der Waals surface area contributed by atoms with E-state index in [2.05, 4.69) is 12.2 Å². The Balaban J connectivity index is 1.80. The molecule has 4 heteroatoms. The first-order chi connectivity index (χ1) is 12.6. The fourth-order valence-corrected chi connectivity index (χ4v) is 3.28. The van der Waals surface area contributed by atoms with Crippen LogP contribution in [0.15, 0.2) is 42.5 Å². The Morgan fingerprint density at radius 3 is 2.54 bits per heavy atom. The molecule has 0 bridgehead atoms. The summed E-state index contributed by atoms with van der Waals surface area (Å²) in [6, 6.07) is 13.3. The van der Waals surface area contributed by atoms with E-state index in [1.165, 1.54) is 0 Å². The second-order valence-corrected chi connectivity index (χ2v) is 6.88. The van der Waals surface area contributed by atoms with Crippen LogP contribution in [0, 0.1) is 6.92 Å². The Bertz CT molecular complexity index is 796. The molecule has 0 unspecified atom stereocenters. The van der Waals surface area contributed by atoms with E-state index < -0.39 is 0 Å². The van der Waals surface area contributed by atoms with E-state index in [0.29, 0.717) is 24.2 Å². The van der Waals surface area contributed by atoms with Gasteiger partial charge in [0.05, 0.1) is 0 Å². The zero-order valence-electron chi connectivity index (χ0n) is 15.5. The van der Waals surface area contributed by atoms with Gasteiger partial charge in [-0.15, -0.1) is 0 Å². The van der Waals surface area contributed by atoms with Gasteiger partial charge in [-0.05, 0) is 62.1 Å². The van der Waals surface area contributed by atoms with Gasteiger partial charge in [-0.2, -0.15) is 0 Å². The summed E-state index contributed by atoms with van der Waals surface area (Å²) in [6.07, 6.45) is 3.84. The number of nitrogens with zero attached hydrogens (tertiary/aromatic N) is 1. The van der Waals surface area contributed by atoms with E-state index in [-0.39, 0.29) is 11.8 Å². The van der Waals surface area contributed by atoms with E-state index in [4.69, 9.17) is 0 Å². The summed E-state index contributed by atoms with van der Waals surface area (Å²) in [5.41, 5.74) is 4.50. The van der Waals surface area contributed by atoms with Gasteiger partial charge in [-0.1, -0.05) is 31.0 Å². The monoisotopic (exact) mass is 350 g/mol. The molecule has 0 aliphatic carbocycles. The normalized spacial score (nSPS) is 13.2. The predicted molar refractivity (Wildman–Crippen MR) is 105 cm³/mol. The number of rotatable bonds is 5. The first-order valence-electron chi connectivity index (χ1n) is 9.40. The summed E-state index contributed by atoms with van der Waals surface area (Å²) >= 11 is 0. The third kappa shape index (κ3) is 3.96. The van der Waals surface area contributed by atoms with Gasteiger partial charge in [-0.25, -0.2) is 0 Å². The van der Waals surface area contributed by atoms with E-state index in [0.717, 1.165) is 42.5 Å². The van der Waals surface area contributed by atoms with E-state index in [9.17, 15) is 9.59 Å². The molecular formula is C22H26N2O2. The molecule has 1 aliphatic heterocycles. The van der Waals surface area contributed by atoms with Crippen LogP contribution in [0.5, 0.6) is 0 Å². The molecule has 0 spiro atoms. The lowest BCUT2D eigenvalue weighted by Gasteiger charge is -2.30. The van der Waals surface area contributed by atoms with Gasteiger partial charge >= 0.3 is 0 Å². The summed E-state index contributed by atoms with van der Waals surface area (Å²) in [7, 11) is 0. The van der Waals surface area contributed by atoms with Crippen LogP contribution in [-0.4, -0.2) is 24.9 Å². The van der Waals surface area contributed by atoms with E-state index >= 15 is 0 Å². The topological polar surface area (TPSA) is 49.4 Å². The van der Waals surface area contributed by atoms with Gasteiger partial charge in [0.15, 0.2) is 0 Å². The van der Waals surface area contributed by atoms with Crippen molar-refractivity contribution >= 4 is 17.5 Å². The number of anilines is 1. The molecule has 3 rings (SSSR count). The highest BCUT2D eigenvalue weighted by Gasteiger charge is 2.24. The summed E-state index contributed by atoms with van der Waals surface area (Å²) in [5, 5.41) is 2.95. The molecular weight excluding hydrogens is 324 g/mol. The van der Waals surface area contributed by atoms with Gasteiger partial charge in [0.1, 0.15) is 0 Å². The standard InChI is InChI=1S/C22H26N2O2/c1-3-4-13-23-21(25)19-11-12-20-18(15-19)6-5-14-24(20)22(26)17-9-7-16(2)8-10-17/h7-12,15H,3-6,13-14H2,1-2H3,(H,23,25). The minimum absolute atomic E-state index is 0.0195. The quantitative estimate of drug-likeness (QED) is 0.825. The van der Waals surface area contributed by atoms with Crippen LogP contribution in [0.3, 0.4) is 0 Å². The smallest absolute Gasteiger partial charge is 0.258 e. The van der Waals surface area contributed by atoms with Crippen molar-refractivity contribution in [1.29, 1.82) is 0 Å². The molecule has 0 saturated heterocycles. The molecule has 2 amide bonds. The fourth-order valence-electron chi connectivity index (χ4n) is 3.28. The number of carbonyl (C=O) groups is 2. The summed E-state index contributed by atoms with van der Waals surface area (Å²) in [4.78, 5) is 27.0. The van der Waals surface area contributed by atoms with Crippen molar-refractivity contribution in [1.82, 2.24) is 5.32 Å². The Morgan fingerprint density at radius 1 is 1.08 bits per heavy atom. The van der Waals surface area contributed by atoms with Crippen LogP contribution >= 0.6 is 0 Å². The maximum absolute atomic E-state index is 12.9. The number of benzene rings is 2. The van der Waals surface area contributed by atoms with Gasteiger partial charge in [-0.3, -0.25) is 9.59 Å². The summed E-state index contributed by atoms with van der Waals surface area (Å²) in [6.45, 7) is 5.52. The first kappa shape index (κ1) is 18.2. The van der Waals surface area contributed by atoms with Crippen LogP contribution in [-0.2, 0) is 6.42 Å². The molecule has 0 fully saturated rings. The number of amides is 2. The Labute approximate surface area is 155 Å². The number of carbonyl (C=O) groups excluding carboxylic acids is 2. The highest BCUT2D eigenvalue weighted by atomic mass is 16.2. The minimum atomic E-state index is -0.0387. The molecule has 1 aliphatic rings. The Hall–Kier alpha value is -2.62. The highest BCUT2D eigenvalue weighted by molar-refractivity contribution is 6.07. The van der Waals surface area contributed by atoms with Crippen molar-refractivity contribution in [3.63, 3.8) is 0 Å². The van der Waals surface area contributed by atoms with Gasteiger partial charge in [0.25, 0.3) is 11.8 Å². The van der Waals surface area contributed by atoms with E-state index in [1.807, 2.05) is 54.3 Å². The number of nitrogens with one attached hydrogen (secondary N) is 1. The van der Waals surface area contributed by atoms with Crippen molar-refractivity contribution in [2.45, 2.75) is 39.5 Å². The zero-order chi connectivity index (χ0) is 18.5. The molecule has 1 N–H and O–H groups in total. The van der Waals surface area contributed by atoms with Crippen molar-refractivity contribution in [2.24, 2.45) is 0 Å². The molecule has 0 aromatic heterocycles. The lowest BCUT2D eigenvalue weighted by molar-refractivity contribution is 0.0952. The van der Waals surface area contributed by atoms with Crippen LogP contribution < -0.4 is 10.2 Å². The van der Waals surface area contributed by atoms with Crippen molar-refractivity contribution in [3.8, 4) is 0 Å². The number of hydrogen-bond donors (Lipinski definition) is 1. The Morgan fingerprint density at radius 2 is 1.81 bits per heavy atom. The van der Waals surface area contributed by atoms with Gasteiger partial charge in [0.2, 0.25) is 0 Å². The second-order valence-electron chi connectivity index (χ2n) is 6.88. The molecule has 136 valence electrons. The average Bonchev–Trinajstić information content (AvgIpc) is 2.67. The third-order valence-corrected chi connectivity index (χ3v) is 4.82. The van der Waals surface area contributed by atoms with Gasteiger partial charge in [0, 0.05) is 29.9 Å². The molecule has 2 aromatic rings. The SMILES string of the molecule is CCCCNC(=O)c1ccc2c(c1)CCCN2C(=O)c1ccc(C)cc1. The summed E-state index contributed by atoms with van der Waals surface area (Å²) in [5.74, 6) is -0.0191. The maximum Gasteiger partial charge on any atom is 0.258 e. The number of hydrogen-bond acceptors (Lipinski definition) is 2. The molecule has 2 aromatic carbocycles. The number of unbranched alkanes of at least 4 members (excludes halogenated alkanes) is 1. The van der Waals surface area contributed by atoms with Gasteiger partial charge < -0.3 is 10.2 Å². The number of fused-ring (bicyclic) bond motifs is 1. The first-order valence-corrected chi connectivity index (χ1v) is 9.40. The molecule has 1 heterocycles. The van der Waals surface area contributed by atoms with Crippen LogP contribution in [0.1, 0.15) is 58.0 Å².